The smallest absolute Gasteiger partial charge is 0.223 e. The van der Waals surface area contributed by atoms with Crippen LogP contribution < -0.4 is 4.90 Å². The number of aromatic nitrogens is 1. The van der Waals surface area contributed by atoms with Gasteiger partial charge < -0.3 is 9.80 Å². The molecular formula is C19H22FN3O. The zero-order valence-electron chi connectivity index (χ0n) is 13.7. The van der Waals surface area contributed by atoms with Gasteiger partial charge >= 0.3 is 0 Å². The van der Waals surface area contributed by atoms with Crippen LogP contribution in [-0.2, 0) is 4.79 Å². The molecule has 2 aromatic rings. The Morgan fingerprint density at radius 2 is 1.96 bits per heavy atom. The standard InChI is InChI=1S/C19H22FN3O/c20-12-14-11-18(24)23(13-14)16-6-9-22(10-7-16)19-17-4-2-1-3-15(17)5-8-21-19/h1-5,8,14,16H,6-7,9-13H2. The molecule has 0 N–H and O–H groups in total. The lowest BCUT2D eigenvalue weighted by atomic mass is 10.0. The van der Waals surface area contributed by atoms with Crippen molar-refractivity contribution in [1.82, 2.24) is 9.88 Å². The first-order valence-corrected chi connectivity index (χ1v) is 8.70. The quantitative estimate of drug-likeness (QED) is 0.869. The largest absolute Gasteiger partial charge is 0.356 e. The summed E-state index contributed by atoms with van der Waals surface area (Å²) < 4.78 is 12.8. The number of pyridine rings is 1. The van der Waals surface area contributed by atoms with Gasteiger partial charge in [-0.15, -0.1) is 0 Å². The van der Waals surface area contributed by atoms with Crippen LogP contribution >= 0.6 is 0 Å². The van der Waals surface area contributed by atoms with Gasteiger partial charge in [-0.25, -0.2) is 4.98 Å². The van der Waals surface area contributed by atoms with E-state index in [0.29, 0.717) is 13.0 Å². The number of fused-ring (bicyclic) bond motifs is 1. The summed E-state index contributed by atoms with van der Waals surface area (Å²) in [5, 5.41) is 2.37. The number of amides is 1. The Morgan fingerprint density at radius 1 is 1.17 bits per heavy atom. The van der Waals surface area contributed by atoms with Crippen LogP contribution in [0.2, 0.25) is 0 Å². The van der Waals surface area contributed by atoms with Gasteiger partial charge in [-0.05, 0) is 24.3 Å². The predicted molar refractivity (Wildman–Crippen MR) is 92.8 cm³/mol. The van der Waals surface area contributed by atoms with Crippen molar-refractivity contribution in [3.8, 4) is 0 Å². The molecule has 4 nitrogen and oxygen atoms in total. The second-order valence-corrected chi connectivity index (χ2v) is 6.84. The number of carbonyl (C=O) groups excluding carboxylic acids is 1. The van der Waals surface area contributed by atoms with Gasteiger partial charge in [0.25, 0.3) is 0 Å². The highest BCUT2D eigenvalue weighted by Gasteiger charge is 2.36. The van der Waals surface area contributed by atoms with Gasteiger partial charge in [-0.1, -0.05) is 24.3 Å². The highest BCUT2D eigenvalue weighted by molar-refractivity contribution is 5.92. The van der Waals surface area contributed by atoms with E-state index in [2.05, 4.69) is 22.0 Å². The number of benzene rings is 1. The van der Waals surface area contributed by atoms with Gasteiger partial charge in [0, 0.05) is 49.6 Å². The van der Waals surface area contributed by atoms with Crippen molar-refractivity contribution in [3.63, 3.8) is 0 Å². The first-order chi connectivity index (χ1) is 11.8. The Morgan fingerprint density at radius 3 is 2.71 bits per heavy atom. The Balaban J connectivity index is 1.47. The first-order valence-electron chi connectivity index (χ1n) is 8.70. The summed E-state index contributed by atoms with van der Waals surface area (Å²) in [5.41, 5.74) is 0. The Bertz CT molecular complexity index is 737. The minimum absolute atomic E-state index is 0.102. The minimum atomic E-state index is -0.388. The third kappa shape index (κ3) is 2.72. The SMILES string of the molecule is O=C1CC(CF)CN1C1CCN(c2nccc3ccccc23)CC1. The van der Waals surface area contributed by atoms with Gasteiger partial charge in [0.1, 0.15) is 5.82 Å². The summed E-state index contributed by atoms with van der Waals surface area (Å²) >= 11 is 0. The van der Waals surface area contributed by atoms with Gasteiger partial charge in [0.15, 0.2) is 0 Å². The molecule has 3 heterocycles. The highest BCUT2D eigenvalue weighted by atomic mass is 19.1. The van der Waals surface area contributed by atoms with Crippen LogP contribution in [0.3, 0.4) is 0 Å². The van der Waals surface area contributed by atoms with Crippen LogP contribution in [0.15, 0.2) is 36.5 Å². The summed E-state index contributed by atoms with van der Waals surface area (Å²) in [6.45, 7) is 1.97. The molecule has 2 saturated heterocycles. The molecular weight excluding hydrogens is 305 g/mol. The molecule has 126 valence electrons. The number of halogens is 1. The van der Waals surface area contributed by atoms with Gasteiger partial charge in [-0.2, -0.15) is 0 Å². The van der Waals surface area contributed by atoms with Crippen molar-refractivity contribution in [2.24, 2.45) is 5.92 Å². The predicted octanol–water partition coefficient (Wildman–Crippen LogP) is 3.02. The Hall–Kier alpha value is -2.17. The van der Waals surface area contributed by atoms with Gasteiger partial charge in [0.2, 0.25) is 5.91 Å². The maximum atomic E-state index is 12.8. The molecule has 4 rings (SSSR count). The van der Waals surface area contributed by atoms with Crippen molar-refractivity contribution in [3.05, 3.63) is 36.5 Å². The number of rotatable bonds is 3. The van der Waals surface area contributed by atoms with Crippen molar-refractivity contribution >= 4 is 22.5 Å². The third-order valence-corrected chi connectivity index (χ3v) is 5.31. The van der Waals surface area contributed by atoms with Crippen LogP contribution in [0.1, 0.15) is 19.3 Å². The lowest BCUT2D eigenvalue weighted by Crippen LogP contribution is -2.46. The van der Waals surface area contributed by atoms with Crippen molar-refractivity contribution in [1.29, 1.82) is 0 Å². The number of carbonyl (C=O) groups is 1. The molecule has 2 fully saturated rings. The molecule has 0 aliphatic carbocycles. The van der Waals surface area contributed by atoms with Crippen LogP contribution in [0.25, 0.3) is 10.8 Å². The van der Waals surface area contributed by atoms with E-state index in [-0.39, 0.29) is 24.5 Å². The number of alkyl halides is 1. The number of nitrogens with zero attached hydrogens (tertiary/aromatic N) is 3. The van der Waals surface area contributed by atoms with E-state index >= 15 is 0 Å². The maximum Gasteiger partial charge on any atom is 0.223 e. The van der Waals surface area contributed by atoms with Crippen LogP contribution in [0.5, 0.6) is 0 Å². The molecule has 5 heteroatoms. The fourth-order valence-corrected chi connectivity index (χ4v) is 4.01. The lowest BCUT2D eigenvalue weighted by Gasteiger charge is -2.37. The van der Waals surface area contributed by atoms with Crippen LogP contribution in [0.4, 0.5) is 10.2 Å². The third-order valence-electron chi connectivity index (χ3n) is 5.31. The van der Waals surface area contributed by atoms with E-state index < -0.39 is 0 Å². The second-order valence-electron chi connectivity index (χ2n) is 6.84. The van der Waals surface area contributed by atoms with Crippen molar-refractivity contribution < 1.29 is 9.18 Å². The summed E-state index contributed by atoms with van der Waals surface area (Å²) in [6, 6.07) is 10.6. The maximum absolute atomic E-state index is 12.8. The fraction of sp³-hybridized carbons (Fsp3) is 0.474. The number of anilines is 1. The second kappa shape index (κ2) is 6.38. The Labute approximate surface area is 141 Å². The molecule has 0 radical (unpaired) electrons. The van der Waals surface area contributed by atoms with E-state index in [1.807, 2.05) is 29.3 Å². The molecule has 0 bridgehead atoms. The molecule has 1 aromatic carbocycles. The average Bonchev–Trinajstić information content (AvgIpc) is 3.02. The Kier molecular flexibility index (Phi) is 4.08. The molecule has 24 heavy (non-hydrogen) atoms. The number of hydrogen-bond donors (Lipinski definition) is 0. The molecule has 1 amide bonds. The van der Waals surface area contributed by atoms with E-state index in [4.69, 9.17) is 0 Å². The van der Waals surface area contributed by atoms with E-state index in [0.717, 1.165) is 31.7 Å². The fourth-order valence-electron chi connectivity index (χ4n) is 4.01. The van der Waals surface area contributed by atoms with Gasteiger partial charge in [0.05, 0.1) is 6.67 Å². The van der Waals surface area contributed by atoms with Crippen molar-refractivity contribution in [2.45, 2.75) is 25.3 Å². The normalized spacial score (nSPS) is 22.5. The molecule has 1 unspecified atom stereocenters. The zero-order chi connectivity index (χ0) is 16.5. The molecule has 0 saturated carbocycles. The molecule has 2 aliphatic heterocycles. The lowest BCUT2D eigenvalue weighted by molar-refractivity contribution is -0.130. The minimum Gasteiger partial charge on any atom is -0.356 e. The summed E-state index contributed by atoms with van der Waals surface area (Å²) in [4.78, 5) is 20.9. The highest BCUT2D eigenvalue weighted by Crippen LogP contribution is 2.30. The van der Waals surface area contributed by atoms with E-state index in [1.54, 1.807) is 0 Å². The first kappa shape index (κ1) is 15.4. The number of piperidine rings is 1. The summed E-state index contributed by atoms with van der Waals surface area (Å²) in [5.74, 6) is 1.05. The number of hydrogen-bond acceptors (Lipinski definition) is 3. The van der Waals surface area contributed by atoms with Gasteiger partial charge in [-0.3, -0.25) is 9.18 Å². The molecule has 1 atom stereocenters. The van der Waals surface area contributed by atoms with E-state index in [1.165, 1.54) is 10.8 Å². The van der Waals surface area contributed by atoms with Crippen LogP contribution in [-0.4, -0.2) is 48.1 Å². The number of likely N-dealkylation sites (tertiary alicyclic amines) is 1. The van der Waals surface area contributed by atoms with Crippen molar-refractivity contribution in [2.75, 3.05) is 31.2 Å². The molecule has 1 aromatic heterocycles. The summed E-state index contributed by atoms with van der Waals surface area (Å²) in [6.07, 6.45) is 4.09. The topological polar surface area (TPSA) is 36.4 Å². The molecule has 0 spiro atoms. The van der Waals surface area contributed by atoms with E-state index in [9.17, 15) is 9.18 Å². The summed E-state index contributed by atoms with van der Waals surface area (Å²) in [7, 11) is 0. The average molecular weight is 327 g/mol. The monoisotopic (exact) mass is 327 g/mol. The van der Waals surface area contributed by atoms with Crippen LogP contribution in [0, 0.1) is 5.92 Å². The zero-order valence-corrected chi connectivity index (χ0v) is 13.7. The molecule has 2 aliphatic rings.